The monoisotopic (exact) mass is 359 g/mol. The highest BCUT2D eigenvalue weighted by Gasteiger charge is 2.28. The molecular formula is C21H33N3O2. The summed E-state index contributed by atoms with van der Waals surface area (Å²) in [5.74, 6) is 1.63. The number of aryl methyl sites for hydroxylation is 1. The van der Waals surface area contributed by atoms with Crippen molar-refractivity contribution in [3.05, 3.63) is 29.8 Å². The van der Waals surface area contributed by atoms with Gasteiger partial charge in [-0.2, -0.15) is 0 Å². The van der Waals surface area contributed by atoms with E-state index in [9.17, 15) is 4.79 Å². The number of hydrogen-bond donors (Lipinski definition) is 0. The molecule has 0 saturated carbocycles. The average molecular weight is 360 g/mol. The topological polar surface area (TPSA) is 36.0 Å². The molecule has 2 saturated heterocycles. The van der Waals surface area contributed by atoms with Crippen LogP contribution in [-0.4, -0.2) is 79.6 Å². The molecule has 0 unspecified atom stereocenters. The first-order chi connectivity index (χ1) is 12.5. The Bertz CT molecular complexity index is 599. The second-order valence-corrected chi connectivity index (χ2v) is 7.98. The number of carbonyl (C=O) groups is 1. The lowest BCUT2D eigenvalue weighted by molar-refractivity contribution is -0.134. The van der Waals surface area contributed by atoms with E-state index in [2.05, 4.69) is 23.8 Å². The van der Waals surface area contributed by atoms with Crippen molar-refractivity contribution in [3.63, 3.8) is 0 Å². The van der Waals surface area contributed by atoms with Gasteiger partial charge in [0.1, 0.15) is 5.75 Å². The molecule has 1 atom stereocenters. The maximum Gasteiger partial charge on any atom is 0.260 e. The Labute approximate surface area is 157 Å². The molecule has 0 radical (unpaired) electrons. The minimum absolute atomic E-state index is 0.111. The fourth-order valence-corrected chi connectivity index (χ4v) is 4.09. The predicted octanol–water partition coefficient (Wildman–Crippen LogP) is 2.25. The Kier molecular flexibility index (Phi) is 6.54. The Morgan fingerprint density at radius 2 is 1.88 bits per heavy atom. The van der Waals surface area contributed by atoms with Crippen molar-refractivity contribution in [2.24, 2.45) is 5.92 Å². The van der Waals surface area contributed by atoms with E-state index in [0.29, 0.717) is 12.0 Å². The molecule has 5 heteroatoms. The summed E-state index contributed by atoms with van der Waals surface area (Å²) in [6, 6.07) is 8.49. The number of piperazine rings is 1. The van der Waals surface area contributed by atoms with Gasteiger partial charge >= 0.3 is 0 Å². The molecule has 0 aromatic heterocycles. The normalized spacial score (nSPS) is 23.2. The lowest BCUT2D eigenvalue weighted by Gasteiger charge is -2.41. The van der Waals surface area contributed by atoms with Gasteiger partial charge in [-0.05, 0) is 51.3 Å². The molecule has 0 bridgehead atoms. The third-order valence-electron chi connectivity index (χ3n) is 5.87. The van der Waals surface area contributed by atoms with Crippen LogP contribution in [0.5, 0.6) is 5.75 Å². The van der Waals surface area contributed by atoms with E-state index in [0.717, 1.165) is 50.3 Å². The zero-order chi connectivity index (χ0) is 18.5. The van der Waals surface area contributed by atoms with Crippen molar-refractivity contribution in [2.45, 2.75) is 32.7 Å². The van der Waals surface area contributed by atoms with Gasteiger partial charge in [0.25, 0.3) is 5.91 Å². The molecule has 0 spiro atoms. The molecule has 2 heterocycles. The van der Waals surface area contributed by atoms with E-state index in [1.54, 1.807) is 0 Å². The highest BCUT2D eigenvalue weighted by atomic mass is 16.5. The molecule has 2 aliphatic heterocycles. The van der Waals surface area contributed by atoms with Crippen molar-refractivity contribution in [1.82, 2.24) is 14.7 Å². The van der Waals surface area contributed by atoms with E-state index in [1.165, 1.54) is 13.1 Å². The number of amides is 1. The molecule has 0 aliphatic carbocycles. The van der Waals surface area contributed by atoms with Crippen LogP contribution in [0.4, 0.5) is 0 Å². The Morgan fingerprint density at radius 3 is 2.58 bits per heavy atom. The molecule has 3 rings (SSSR count). The lowest BCUT2D eigenvalue weighted by atomic mass is 9.95. The van der Waals surface area contributed by atoms with Crippen LogP contribution >= 0.6 is 0 Å². The fraction of sp³-hybridized carbons (Fsp3) is 0.667. The van der Waals surface area contributed by atoms with Gasteiger partial charge in [0.05, 0.1) is 0 Å². The van der Waals surface area contributed by atoms with E-state index in [1.807, 2.05) is 36.1 Å². The van der Waals surface area contributed by atoms with Gasteiger partial charge in [0.15, 0.2) is 6.61 Å². The molecule has 5 nitrogen and oxygen atoms in total. The van der Waals surface area contributed by atoms with Crippen molar-refractivity contribution < 1.29 is 9.53 Å². The van der Waals surface area contributed by atoms with Crippen LogP contribution < -0.4 is 4.74 Å². The van der Waals surface area contributed by atoms with Gasteiger partial charge in [-0.25, -0.2) is 0 Å². The van der Waals surface area contributed by atoms with Crippen molar-refractivity contribution >= 4 is 5.91 Å². The molecule has 1 aromatic carbocycles. The number of carbonyl (C=O) groups excluding carboxylic acids is 1. The van der Waals surface area contributed by atoms with Gasteiger partial charge in [-0.1, -0.05) is 18.2 Å². The number of nitrogens with zero attached hydrogens (tertiary/aromatic N) is 3. The Balaban J connectivity index is 1.40. The van der Waals surface area contributed by atoms with Crippen LogP contribution in [0.1, 0.15) is 25.3 Å². The van der Waals surface area contributed by atoms with Crippen LogP contribution in [0.3, 0.4) is 0 Å². The number of piperidine rings is 1. The quantitative estimate of drug-likeness (QED) is 0.808. The average Bonchev–Trinajstić information content (AvgIpc) is 2.64. The number of ether oxygens (including phenoxy) is 1. The largest absolute Gasteiger partial charge is 0.484 e. The number of likely N-dealkylation sites (N-methyl/N-ethyl adjacent to an activating group) is 1. The molecule has 2 fully saturated rings. The summed E-state index contributed by atoms with van der Waals surface area (Å²) in [6.45, 7) is 10.9. The number of rotatable bonds is 5. The zero-order valence-corrected chi connectivity index (χ0v) is 16.5. The maximum absolute atomic E-state index is 12.5. The molecule has 26 heavy (non-hydrogen) atoms. The van der Waals surface area contributed by atoms with Crippen LogP contribution in [-0.2, 0) is 4.79 Å². The van der Waals surface area contributed by atoms with Gasteiger partial charge in [-0.3, -0.25) is 9.69 Å². The number of benzene rings is 1. The smallest absolute Gasteiger partial charge is 0.260 e. The minimum Gasteiger partial charge on any atom is -0.484 e. The van der Waals surface area contributed by atoms with Crippen molar-refractivity contribution in [1.29, 1.82) is 0 Å². The maximum atomic E-state index is 12.5. The highest BCUT2D eigenvalue weighted by Crippen LogP contribution is 2.21. The summed E-state index contributed by atoms with van der Waals surface area (Å²) < 4.78 is 5.72. The van der Waals surface area contributed by atoms with Gasteiger partial charge in [-0.15, -0.1) is 0 Å². The molecule has 2 aliphatic rings. The van der Waals surface area contributed by atoms with Crippen LogP contribution in [0.15, 0.2) is 24.3 Å². The number of hydrogen-bond acceptors (Lipinski definition) is 4. The van der Waals surface area contributed by atoms with Crippen molar-refractivity contribution in [2.75, 3.05) is 52.9 Å². The second-order valence-electron chi connectivity index (χ2n) is 7.98. The van der Waals surface area contributed by atoms with Crippen LogP contribution in [0, 0.1) is 12.8 Å². The summed E-state index contributed by atoms with van der Waals surface area (Å²) >= 11 is 0. The zero-order valence-electron chi connectivity index (χ0n) is 16.5. The second kappa shape index (κ2) is 8.87. The Morgan fingerprint density at radius 1 is 1.15 bits per heavy atom. The minimum atomic E-state index is 0.111. The SMILES string of the molecule is Cc1ccccc1OCC(=O)N1CCC(CN2CCN(C)C[C@H]2C)CC1. The Hall–Kier alpha value is -1.59. The fourth-order valence-electron chi connectivity index (χ4n) is 4.09. The van der Waals surface area contributed by atoms with Crippen LogP contribution in [0.25, 0.3) is 0 Å². The molecule has 0 N–H and O–H groups in total. The summed E-state index contributed by atoms with van der Waals surface area (Å²) in [7, 11) is 2.21. The van der Waals surface area contributed by atoms with Gasteiger partial charge in [0, 0.05) is 45.3 Å². The van der Waals surface area contributed by atoms with Crippen LogP contribution in [0.2, 0.25) is 0 Å². The first kappa shape index (κ1) is 19.2. The number of para-hydroxylation sites is 1. The standard InChI is InChI=1S/C21H33N3O2/c1-17-6-4-5-7-20(17)26-16-21(25)23-10-8-19(9-11-23)15-24-13-12-22(3)14-18(24)2/h4-7,18-19H,8-16H2,1-3H3/t18-/m1/s1. The van der Waals surface area contributed by atoms with E-state index >= 15 is 0 Å². The molecule has 1 amide bonds. The highest BCUT2D eigenvalue weighted by molar-refractivity contribution is 5.77. The summed E-state index contributed by atoms with van der Waals surface area (Å²) in [4.78, 5) is 19.5. The van der Waals surface area contributed by atoms with Gasteiger partial charge in [0.2, 0.25) is 0 Å². The van der Waals surface area contributed by atoms with Gasteiger partial charge < -0.3 is 14.5 Å². The molecule has 144 valence electrons. The molecule has 1 aromatic rings. The first-order valence-electron chi connectivity index (χ1n) is 9.91. The van der Waals surface area contributed by atoms with E-state index in [4.69, 9.17) is 4.74 Å². The third kappa shape index (κ3) is 4.98. The summed E-state index contributed by atoms with van der Waals surface area (Å²) in [6.07, 6.45) is 2.21. The number of likely N-dealkylation sites (tertiary alicyclic amines) is 1. The first-order valence-corrected chi connectivity index (χ1v) is 9.91. The van der Waals surface area contributed by atoms with Crippen molar-refractivity contribution in [3.8, 4) is 5.75 Å². The van der Waals surface area contributed by atoms with E-state index < -0.39 is 0 Å². The third-order valence-corrected chi connectivity index (χ3v) is 5.87. The summed E-state index contributed by atoms with van der Waals surface area (Å²) in [5, 5.41) is 0. The molecular weight excluding hydrogens is 326 g/mol. The van der Waals surface area contributed by atoms with E-state index in [-0.39, 0.29) is 12.5 Å². The summed E-state index contributed by atoms with van der Waals surface area (Å²) in [5.41, 5.74) is 1.07. The predicted molar refractivity (Wildman–Crippen MR) is 105 cm³/mol. The lowest BCUT2D eigenvalue weighted by Crippen LogP contribution is -2.52.